The predicted octanol–water partition coefficient (Wildman–Crippen LogP) is 3.32. The van der Waals surface area contributed by atoms with Gasteiger partial charge in [-0.25, -0.2) is 8.42 Å². The number of carbonyl (C=O) groups is 2. The first-order chi connectivity index (χ1) is 15.3. The fourth-order valence-electron chi connectivity index (χ4n) is 3.56. The monoisotopic (exact) mass is 473 g/mol. The van der Waals surface area contributed by atoms with Gasteiger partial charge < -0.3 is 10.2 Å². The second kappa shape index (κ2) is 10.8. The van der Waals surface area contributed by atoms with Gasteiger partial charge in [0, 0.05) is 12.6 Å². The number of rotatable bonds is 9. The minimum atomic E-state index is -3.74. The van der Waals surface area contributed by atoms with E-state index < -0.39 is 28.5 Å². The zero-order chi connectivity index (χ0) is 24.9. The van der Waals surface area contributed by atoms with E-state index in [1.807, 2.05) is 71.0 Å². The van der Waals surface area contributed by atoms with Crippen LogP contribution in [0.5, 0.6) is 0 Å². The summed E-state index contributed by atoms with van der Waals surface area (Å²) >= 11 is 0. The number of nitrogens with one attached hydrogen (secondary N) is 1. The second-order valence-corrected chi connectivity index (χ2v) is 10.8. The third-order valence-corrected chi connectivity index (χ3v) is 6.50. The highest BCUT2D eigenvalue weighted by Gasteiger charge is 2.30. The molecule has 2 amide bonds. The summed E-state index contributed by atoms with van der Waals surface area (Å²) in [5.74, 6) is -0.740. The van der Waals surface area contributed by atoms with Crippen LogP contribution in [-0.2, 0) is 26.2 Å². The fourth-order valence-corrected chi connectivity index (χ4v) is 4.47. The zero-order valence-corrected chi connectivity index (χ0v) is 21.4. The van der Waals surface area contributed by atoms with E-state index in [2.05, 4.69) is 5.32 Å². The van der Waals surface area contributed by atoms with Crippen molar-refractivity contribution in [3.8, 4) is 0 Å². The van der Waals surface area contributed by atoms with E-state index in [0.29, 0.717) is 5.69 Å². The molecule has 0 radical (unpaired) electrons. The lowest BCUT2D eigenvalue weighted by Crippen LogP contribution is -2.52. The van der Waals surface area contributed by atoms with Crippen LogP contribution in [0.3, 0.4) is 0 Å². The van der Waals surface area contributed by atoms with Crippen LogP contribution in [0, 0.1) is 20.8 Å². The van der Waals surface area contributed by atoms with Crippen LogP contribution >= 0.6 is 0 Å². The number of hydrogen-bond donors (Lipinski definition) is 1. The van der Waals surface area contributed by atoms with Crippen LogP contribution in [0.25, 0.3) is 0 Å². The lowest BCUT2D eigenvalue weighted by atomic mass is 10.1. The first-order valence-electron chi connectivity index (χ1n) is 11.0. The molecule has 0 fully saturated rings. The number of anilines is 1. The third kappa shape index (κ3) is 7.32. The molecule has 0 saturated heterocycles. The van der Waals surface area contributed by atoms with E-state index in [9.17, 15) is 18.0 Å². The maximum Gasteiger partial charge on any atom is 0.244 e. The number of aryl methyl sites for hydroxylation is 3. The van der Waals surface area contributed by atoms with Crippen molar-refractivity contribution in [2.45, 2.75) is 60.2 Å². The Balaban J connectivity index is 2.41. The molecule has 2 rings (SSSR count). The van der Waals surface area contributed by atoms with E-state index in [-0.39, 0.29) is 18.5 Å². The van der Waals surface area contributed by atoms with Crippen molar-refractivity contribution >= 4 is 27.5 Å². The zero-order valence-electron chi connectivity index (χ0n) is 20.5. The van der Waals surface area contributed by atoms with Crippen molar-refractivity contribution in [2.75, 3.05) is 17.1 Å². The molecule has 0 bridgehead atoms. The number of benzene rings is 2. The van der Waals surface area contributed by atoms with E-state index in [1.165, 1.54) is 4.90 Å². The summed E-state index contributed by atoms with van der Waals surface area (Å²) in [5, 5.41) is 2.84. The van der Waals surface area contributed by atoms with Gasteiger partial charge in [0.1, 0.15) is 12.6 Å². The Bertz CT molecular complexity index is 1100. The molecule has 33 heavy (non-hydrogen) atoms. The van der Waals surface area contributed by atoms with Crippen molar-refractivity contribution in [2.24, 2.45) is 0 Å². The third-order valence-electron chi connectivity index (χ3n) is 5.37. The largest absolute Gasteiger partial charge is 0.352 e. The number of sulfonamides is 1. The van der Waals surface area contributed by atoms with Gasteiger partial charge in [-0.3, -0.25) is 13.9 Å². The average molecular weight is 474 g/mol. The van der Waals surface area contributed by atoms with E-state index >= 15 is 0 Å². The van der Waals surface area contributed by atoms with Crippen LogP contribution in [-0.4, -0.2) is 50.0 Å². The Labute approximate surface area is 197 Å². The van der Waals surface area contributed by atoms with Gasteiger partial charge in [-0.2, -0.15) is 0 Å². The summed E-state index contributed by atoms with van der Waals surface area (Å²) in [4.78, 5) is 27.7. The van der Waals surface area contributed by atoms with E-state index in [1.54, 1.807) is 13.0 Å². The first-order valence-corrected chi connectivity index (χ1v) is 12.8. The normalized spacial score (nSPS) is 12.4. The van der Waals surface area contributed by atoms with Crippen LogP contribution in [0.4, 0.5) is 5.69 Å². The Morgan fingerprint density at radius 1 is 0.939 bits per heavy atom. The molecule has 1 atom stereocenters. The van der Waals surface area contributed by atoms with E-state index in [0.717, 1.165) is 32.8 Å². The summed E-state index contributed by atoms with van der Waals surface area (Å²) in [6.07, 6.45) is 1.08. The molecule has 0 saturated carbocycles. The van der Waals surface area contributed by atoms with Gasteiger partial charge in [0.25, 0.3) is 0 Å². The van der Waals surface area contributed by atoms with Gasteiger partial charge in [-0.1, -0.05) is 47.5 Å². The molecule has 2 aromatic carbocycles. The minimum Gasteiger partial charge on any atom is -0.352 e. The second-order valence-electron chi connectivity index (χ2n) is 8.91. The molecule has 8 heteroatoms. The molecule has 180 valence electrons. The SMILES string of the molecule is Cc1ccc(CN(C(=O)CN(c2ccc(C)cc2C)S(C)(=O)=O)[C@H](C)C(=O)NC(C)C)cc1. The molecule has 0 aliphatic heterocycles. The van der Waals surface area contributed by atoms with Gasteiger partial charge in [-0.05, 0) is 58.7 Å². The van der Waals surface area contributed by atoms with Crippen molar-refractivity contribution in [1.29, 1.82) is 0 Å². The Kier molecular flexibility index (Phi) is 8.66. The predicted molar refractivity (Wildman–Crippen MR) is 133 cm³/mol. The van der Waals surface area contributed by atoms with Crippen molar-refractivity contribution in [1.82, 2.24) is 10.2 Å². The van der Waals surface area contributed by atoms with Gasteiger partial charge in [0.15, 0.2) is 0 Å². The summed E-state index contributed by atoms with van der Waals surface area (Å²) in [5.41, 5.74) is 4.14. The molecule has 0 heterocycles. The van der Waals surface area contributed by atoms with Gasteiger partial charge in [0.05, 0.1) is 11.9 Å². The van der Waals surface area contributed by atoms with Crippen molar-refractivity contribution in [3.05, 3.63) is 64.7 Å². The maximum absolute atomic E-state index is 13.5. The number of nitrogens with zero attached hydrogens (tertiary/aromatic N) is 2. The lowest BCUT2D eigenvalue weighted by molar-refractivity contribution is -0.139. The topological polar surface area (TPSA) is 86.8 Å². The summed E-state index contributed by atoms with van der Waals surface area (Å²) in [6, 6.07) is 12.2. The Morgan fingerprint density at radius 2 is 1.52 bits per heavy atom. The molecule has 1 N–H and O–H groups in total. The molecule has 7 nitrogen and oxygen atoms in total. The standard InChI is InChI=1S/C25H35N3O4S/c1-17(2)26-25(30)21(6)27(15-22-11-8-18(3)9-12-22)24(29)16-28(33(7,31)32)23-13-10-19(4)14-20(23)5/h8-14,17,21H,15-16H2,1-7H3,(H,26,30)/t21-/m1/s1. The summed E-state index contributed by atoms with van der Waals surface area (Å²) < 4.78 is 26.4. The fraction of sp³-hybridized carbons (Fsp3) is 0.440. The lowest BCUT2D eigenvalue weighted by Gasteiger charge is -2.32. The average Bonchev–Trinajstić information content (AvgIpc) is 2.70. The van der Waals surface area contributed by atoms with Gasteiger partial charge in [-0.15, -0.1) is 0 Å². The molecule has 0 unspecified atom stereocenters. The smallest absolute Gasteiger partial charge is 0.244 e. The minimum absolute atomic E-state index is 0.0843. The first kappa shape index (κ1) is 26.4. The number of hydrogen-bond acceptors (Lipinski definition) is 4. The van der Waals surface area contributed by atoms with Crippen LogP contribution in [0.1, 0.15) is 43.0 Å². The highest BCUT2D eigenvalue weighted by atomic mass is 32.2. The van der Waals surface area contributed by atoms with Crippen LogP contribution in [0.15, 0.2) is 42.5 Å². The maximum atomic E-state index is 13.5. The van der Waals surface area contributed by atoms with Crippen LogP contribution < -0.4 is 9.62 Å². The highest BCUT2D eigenvalue weighted by Crippen LogP contribution is 2.24. The highest BCUT2D eigenvalue weighted by molar-refractivity contribution is 7.92. The molecular formula is C25H35N3O4S. The molecule has 0 spiro atoms. The quantitative estimate of drug-likeness (QED) is 0.605. The summed E-state index contributed by atoms with van der Waals surface area (Å²) in [6.45, 7) is 10.9. The van der Waals surface area contributed by atoms with Crippen molar-refractivity contribution in [3.63, 3.8) is 0 Å². The molecule has 0 aliphatic rings. The van der Waals surface area contributed by atoms with Crippen molar-refractivity contribution < 1.29 is 18.0 Å². The van der Waals surface area contributed by atoms with Gasteiger partial charge >= 0.3 is 0 Å². The molecule has 0 aromatic heterocycles. The number of amides is 2. The van der Waals surface area contributed by atoms with E-state index in [4.69, 9.17) is 0 Å². The molecule has 2 aromatic rings. The van der Waals surface area contributed by atoms with Crippen LogP contribution in [0.2, 0.25) is 0 Å². The van der Waals surface area contributed by atoms with Gasteiger partial charge in [0.2, 0.25) is 21.8 Å². The Morgan fingerprint density at radius 3 is 2.03 bits per heavy atom. The Hall–Kier alpha value is -2.87. The summed E-state index contributed by atoms with van der Waals surface area (Å²) in [7, 11) is -3.74. The number of carbonyl (C=O) groups excluding carboxylic acids is 2. The molecular weight excluding hydrogens is 438 g/mol. The molecule has 0 aliphatic carbocycles.